The minimum Gasteiger partial charge on any atom is -0.326 e. The molecule has 3 rings (SSSR count). The van der Waals surface area contributed by atoms with Gasteiger partial charge in [-0.15, -0.1) is 0 Å². The lowest BCUT2D eigenvalue weighted by Gasteiger charge is -2.08. The van der Waals surface area contributed by atoms with Crippen LogP contribution in [0.2, 0.25) is 5.02 Å². The normalized spacial score (nSPS) is 13.4. The van der Waals surface area contributed by atoms with E-state index in [0.717, 1.165) is 41.8 Å². The van der Waals surface area contributed by atoms with Gasteiger partial charge in [0.15, 0.2) is 0 Å². The van der Waals surface area contributed by atoms with Crippen LogP contribution in [-0.4, -0.2) is 9.97 Å². The van der Waals surface area contributed by atoms with E-state index in [-0.39, 0.29) is 5.56 Å². The van der Waals surface area contributed by atoms with Crippen molar-refractivity contribution in [2.75, 3.05) is 5.32 Å². The summed E-state index contributed by atoms with van der Waals surface area (Å²) in [6, 6.07) is 5.66. The summed E-state index contributed by atoms with van der Waals surface area (Å²) >= 11 is 6.07. The molecule has 0 fully saturated rings. The van der Waals surface area contributed by atoms with E-state index in [2.05, 4.69) is 15.3 Å². The number of nitrogens with one attached hydrogen (secondary N) is 2. The average molecular weight is 276 g/mol. The SMILES string of the molecule is Cc1ccc(Nc2nc3c(c(=O)[nH]2)CCC3)cc1Cl. The highest BCUT2D eigenvalue weighted by Gasteiger charge is 2.17. The Bertz CT molecular complexity index is 694. The van der Waals surface area contributed by atoms with E-state index >= 15 is 0 Å². The number of aromatic amines is 1. The van der Waals surface area contributed by atoms with Crippen LogP contribution >= 0.6 is 11.6 Å². The Labute approximate surface area is 115 Å². The second kappa shape index (κ2) is 4.70. The van der Waals surface area contributed by atoms with Crippen LogP contribution < -0.4 is 10.9 Å². The molecule has 5 heteroatoms. The summed E-state index contributed by atoms with van der Waals surface area (Å²) in [5, 5.41) is 3.78. The molecule has 0 radical (unpaired) electrons. The van der Waals surface area contributed by atoms with E-state index < -0.39 is 0 Å². The van der Waals surface area contributed by atoms with E-state index in [1.807, 2.05) is 25.1 Å². The van der Waals surface area contributed by atoms with Gasteiger partial charge in [-0.2, -0.15) is 0 Å². The Kier molecular flexibility index (Phi) is 3.03. The van der Waals surface area contributed by atoms with E-state index in [0.29, 0.717) is 11.0 Å². The zero-order chi connectivity index (χ0) is 13.4. The lowest BCUT2D eigenvalue weighted by atomic mass is 10.2. The maximum Gasteiger partial charge on any atom is 0.255 e. The van der Waals surface area contributed by atoms with Crippen LogP contribution in [0.4, 0.5) is 11.6 Å². The molecule has 19 heavy (non-hydrogen) atoms. The van der Waals surface area contributed by atoms with Crippen LogP contribution in [0.15, 0.2) is 23.0 Å². The van der Waals surface area contributed by atoms with Crippen molar-refractivity contribution in [2.45, 2.75) is 26.2 Å². The van der Waals surface area contributed by atoms with E-state index in [1.54, 1.807) is 0 Å². The fourth-order valence-corrected chi connectivity index (χ4v) is 2.49. The van der Waals surface area contributed by atoms with Gasteiger partial charge in [0.25, 0.3) is 5.56 Å². The van der Waals surface area contributed by atoms with Gasteiger partial charge in [0.1, 0.15) is 0 Å². The Morgan fingerprint density at radius 2 is 2.21 bits per heavy atom. The van der Waals surface area contributed by atoms with Gasteiger partial charge in [0.2, 0.25) is 5.95 Å². The van der Waals surface area contributed by atoms with Crippen molar-refractivity contribution in [3.8, 4) is 0 Å². The van der Waals surface area contributed by atoms with Gasteiger partial charge >= 0.3 is 0 Å². The lowest BCUT2D eigenvalue weighted by molar-refractivity contribution is 0.899. The summed E-state index contributed by atoms with van der Waals surface area (Å²) in [6.07, 6.45) is 2.71. The van der Waals surface area contributed by atoms with Crippen molar-refractivity contribution in [3.63, 3.8) is 0 Å². The van der Waals surface area contributed by atoms with Crippen molar-refractivity contribution >= 4 is 23.2 Å². The molecule has 0 amide bonds. The number of nitrogens with zero attached hydrogens (tertiary/aromatic N) is 1. The van der Waals surface area contributed by atoms with Crippen molar-refractivity contribution in [1.29, 1.82) is 0 Å². The van der Waals surface area contributed by atoms with Crippen LogP contribution in [0.1, 0.15) is 23.2 Å². The zero-order valence-electron chi connectivity index (χ0n) is 10.6. The Hall–Kier alpha value is -1.81. The molecule has 2 aromatic rings. The van der Waals surface area contributed by atoms with Crippen LogP contribution in [0.5, 0.6) is 0 Å². The zero-order valence-corrected chi connectivity index (χ0v) is 11.3. The highest BCUT2D eigenvalue weighted by Crippen LogP contribution is 2.23. The molecule has 0 aliphatic heterocycles. The van der Waals surface area contributed by atoms with Crippen LogP contribution in [0, 0.1) is 6.92 Å². The number of benzene rings is 1. The molecule has 98 valence electrons. The Morgan fingerprint density at radius 3 is 3.00 bits per heavy atom. The van der Waals surface area contributed by atoms with Gasteiger partial charge < -0.3 is 5.32 Å². The molecule has 1 aliphatic carbocycles. The Morgan fingerprint density at radius 1 is 1.37 bits per heavy atom. The number of aryl methyl sites for hydroxylation is 2. The molecular formula is C14H14ClN3O. The first-order valence-corrected chi connectivity index (χ1v) is 6.66. The fraction of sp³-hybridized carbons (Fsp3) is 0.286. The molecule has 0 atom stereocenters. The summed E-state index contributed by atoms with van der Waals surface area (Å²) in [5.74, 6) is 0.477. The van der Waals surface area contributed by atoms with Crippen molar-refractivity contribution in [3.05, 3.63) is 50.4 Å². The quantitative estimate of drug-likeness (QED) is 0.886. The highest BCUT2D eigenvalue weighted by atomic mass is 35.5. The van der Waals surface area contributed by atoms with Crippen LogP contribution in [-0.2, 0) is 12.8 Å². The van der Waals surface area contributed by atoms with Gasteiger partial charge in [-0.3, -0.25) is 9.78 Å². The van der Waals surface area contributed by atoms with Crippen molar-refractivity contribution in [1.82, 2.24) is 9.97 Å². The number of rotatable bonds is 2. The molecule has 0 saturated heterocycles. The first-order valence-electron chi connectivity index (χ1n) is 6.29. The summed E-state index contributed by atoms with van der Waals surface area (Å²) in [6.45, 7) is 1.95. The highest BCUT2D eigenvalue weighted by molar-refractivity contribution is 6.31. The topological polar surface area (TPSA) is 57.8 Å². The van der Waals surface area contributed by atoms with Crippen molar-refractivity contribution < 1.29 is 0 Å². The molecule has 1 aromatic heterocycles. The van der Waals surface area contributed by atoms with Crippen LogP contribution in [0.3, 0.4) is 0 Å². The Balaban J connectivity index is 1.93. The smallest absolute Gasteiger partial charge is 0.255 e. The van der Waals surface area contributed by atoms with Gasteiger partial charge in [0.05, 0.1) is 5.69 Å². The van der Waals surface area contributed by atoms with Crippen LogP contribution in [0.25, 0.3) is 0 Å². The molecule has 2 N–H and O–H groups in total. The largest absolute Gasteiger partial charge is 0.326 e. The number of hydrogen-bond acceptors (Lipinski definition) is 3. The molecule has 1 heterocycles. The van der Waals surface area contributed by atoms with E-state index in [4.69, 9.17) is 11.6 Å². The predicted molar refractivity (Wildman–Crippen MR) is 76.4 cm³/mol. The monoisotopic (exact) mass is 275 g/mol. The summed E-state index contributed by atoms with van der Waals surface area (Å²) in [7, 11) is 0. The summed E-state index contributed by atoms with van der Waals surface area (Å²) < 4.78 is 0. The molecule has 0 saturated carbocycles. The molecule has 1 aliphatic rings. The second-order valence-corrected chi connectivity index (χ2v) is 5.19. The molecule has 1 aromatic carbocycles. The minimum absolute atomic E-state index is 0.0387. The summed E-state index contributed by atoms with van der Waals surface area (Å²) in [5.41, 5.74) is 3.53. The standard InChI is InChI=1S/C14H14ClN3O/c1-8-5-6-9(7-11(8)15)16-14-17-12-4-2-3-10(12)13(19)18-14/h5-7H,2-4H2,1H3,(H2,16,17,18,19). The number of halogens is 1. The number of fused-ring (bicyclic) bond motifs is 1. The third kappa shape index (κ3) is 2.36. The number of anilines is 2. The first kappa shape index (κ1) is 12.2. The third-order valence-electron chi connectivity index (χ3n) is 3.38. The number of H-pyrrole nitrogens is 1. The maximum absolute atomic E-state index is 11.9. The molecule has 0 unspecified atom stereocenters. The van der Waals surface area contributed by atoms with Gasteiger partial charge in [-0.25, -0.2) is 4.98 Å². The fourth-order valence-electron chi connectivity index (χ4n) is 2.31. The second-order valence-electron chi connectivity index (χ2n) is 4.78. The van der Waals surface area contributed by atoms with Gasteiger partial charge in [-0.05, 0) is 43.9 Å². The van der Waals surface area contributed by atoms with Gasteiger partial charge in [0, 0.05) is 16.3 Å². The third-order valence-corrected chi connectivity index (χ3v) is 3.78. The predicted octanol–water partition coefficient (Wildman–Crippen LogP) is 2.96. The van der Waals surface area contributed by atoms with Gasteiger partial charge in [-0.1, -0.05) is 17.7 Å². The number of hydrogen-bond donors (Lipinski definition) is 2. The van der Waals surface area contributed by atoms with Crippen molar-refractivity contribution in [2.24, 2.45) is 0 Å². The maximum atomic E-state index is 11.9. The van der Waals surface area contributed by atoms with E-state index in [1.165, 1.54) is 0 Å². The molecule has 0 spiro atoms. The number of aromatic nitrogens is 2. The minimum atomic E-state index is -0.0387. The van der Waals surface area contributed by atoms with E-state index in [9.17, 15) is 4.79 Å². The average Bonchev–Trinajstić information content (AvgIpc) is 2.82. The molecule has 0 bridgehead atoms. The molecular weight excluding hydrogens is 262 g/mol. The lowest BCUT2D eigenvalue weighted by Crippen LogP contribution is -2.16. The first-order chi connectivity index (χ1) is 9.13. The molecule has 4 nitrogen and oxygen atoms in total. The summed E-state index contributed by atoms with van der Waals surface area (Å²) in [4.78, 5) is 19.1.